The summed E-state index contributed by atoms with van der Waals surface area (Å²) < 4.78 is 7.49. The van der Waals surface area contributed by atoms with Gasteiger partial charge in [0.25, 0.3) is 5.91 Å². The fourth-order valence-corrected chi connectivity index (χ4v) is 4.25. The number of aromatic nitrogens is 2. The Hall–Kier alpha value is -1.79. The highest BCUT2D eigenvalue weighted by Crippen LogP contribution is 2.56. The van der Waals surface area contributed by atoms with Crippen molar-refractivity contribution in [1.82, 2.24) is 19.8 Å². The highest BCUT2D eigenvalue weighted by atomic mass is 35.5. The van der Waals surface area contributed by atoms with Gasteiger partial charge in [-0.1, -0.05) is 0 Å². The smallest absolute Gasteiger partial charge is 0.258 e. The molecule has 1 atom stereocenters. The van der Waals surface area contributed by atoms with Gasteiger partial charge in [0.15, 0.2) is 0 Å². The molecule has 2 aromatic rings. The van der Waals surface area contributed by atoms with Crippen LogP contribution in [0.25, 0.3) is 0 Å². The average Bonchev–Trinajstić information content (AvgIpc) is 2.99. The van der Waals surface area contributed by atoms with Crippen LogP contribution in [0.4, 0.5) is 0 Å². The second-order valence-corrected chi connectivity index (χ2v) is 7.29. The van der Waals surface area contributed by atoms with Gasteiger partial charge in [-0.25, -0.2) is 4.98 Å². The van der Waals surface area contributed by atoms with E-state index in [1.807, 2.05) is 24.2 Å². The summed E-state index contributed by atoms with van der Waals surface area (Å²) in [5.41, 5.74) is 0.966. The third-order valence-corrected chi connectivity index (χ3v) is 5.93. The van der Waals surface area contributed by atoms with Gasteiger partial charge in [-0.2, -0.15) is 0 Å². The predicted molar refractivity (Wildman–Crippen MR) is 101 cm³/mol. The number of carbonyl (C=O) groups excluding carboxylic acids is 1. The number of nitrogens with one attached hydrogen (secondary N) is 1. The number of hydrogen-bond acceptors (Lipinski definition) is 4. The molecular formula is C19H27ClN4O2. The van der Waals surface area contributed by atoms with Crippen molar-refractivity contribution in [2.75, 3.05) is 13.1 Å². The van der Waals surface area contributed by atoms with E-state index in [2.05, 4.69) is 21.8 Å². The van der Waals surface area contributed by atoms with Crippen LogP contribution < -0.4 is 5.32 Å². The van der Waals surface area contributed by atoms with Crippen LogP contribution in [0.15, 0.2) is 29.1 Å². The Labute approximate surface area is 160 Å². The highest BCUT2D eigenvalue weighted by Gasteiger charge is 2.58. The number of piperidine rings is 1. The maximum absolute atomic E-state index is 13.3. The molecule has 1 aliphatic heterocycles. The topological polar surface area (TPSA) is 63.3 Å². The molecule has 1 amide bonds. The molecule has 1 spiro atoms. The first-order chi connectivity index (χ1) is 12.1. The van der Waals surface area contributed by atoms with Crippen molar-refractivity contribution < 1.29 is 9.21 Å². The lowest BCUT2D eigenvalue weighted by Gasteiger charge is -2.29. The summed E-state index contributed by atoms with van der Waals surface area (Å²) in [5.74, 6) is 1.71. The van der Waals surface area contributed by atoms with Crippen LogP contribution in [0.3, 0.4) is 0 Å². The number of carbonyl (C=O) groups is 1. The van der Waals surface area contributed by atoms with E-state index in [0.717, 1.165) is 44.7 Å². The maximum atomic E-state index is 13.3. The van der Waals surface area contributed by atoms with E-state index >= 15 is 0 Å². The Morgan fingerprint density at radius 2 is 2.23 bits per heavy atom. The Morgan fingerprint density at radius 1 is 1.46 bits per heavy atom. The van der Waals surface area contributed by atoms with Crippen LogP contribution in [0.5, 0.6) is 0 Å². The van der Waals surface area contributed by atoms with Crippen molar-refractivity contribution in [2.24, 2.45) is 5.41 Å². The van der Waals surface area contributed by atoms with Crippen LogP contribution in [0, 0.1) is 12.3 Å². The van der Waals surface area contributed by atoms with Crippen molar-refractivity contribution in [1.29, 1.82) is 0 Å². The Morgan fingerprint density at radius 3 is 2.88 bits per heavy atom. The first-order valence-corrected chi connectivity index (χ1v) is 9.20. The fourth-order valence-electron chi connectivity index (χ4n) is 4.25. The standard InChI is InChI=1S/C19H26N4O2.ClH/c1-3-22-10-9-21-17(22)13-23(18(24)15-4-11-25-14(15)2)16-12-19(16)5-7-20-8-6-19;/h4,9-11,16,20H,3,5-8,12-13H2,1-2H3;1H. The lowest BCUT2D eigenvalue weighted by atomic mass is 9.93. The van der Waals surface area contributed by atoms with Gasteiger partial charge in [0.05, 0.1) is 18.4 Å². The van der Waals surface area contributed by atoms with Crippen LogP contribution in [0.1, 0.15) is 48.1 Å². The summed E-state index contributed by atoms with van der Waals surface area (Å²) in [4.78, 5) is 19.8. The lowest BCUT2D eigenvalue weighted by Crippen LogP contribution is -2.39. The molecule has 1 unspecified atom stereocenters. The Kier molecular flexibility index (Phi) is 5.44. The minimum Gasteiger partial charge on any atom is -0.469 e. The van der Waals surface area contributed by atoms with Crippen molar-refractivity contribution in [3.8, 4) is 0 Å². The zero-order chi connectivity index (χ0) is 17.4. The van der Waals surface area contributed by atoms with Crippen LogP contribution in [-0.4, -0.2) is 39.5 Å². The molecule has 0 radical (unpaired) electrons. The molecule has 6 nitrogen and oxygen atoms in total. The number of imidazole rings is 1. The largest absolute Gasteiger partial charge is 0.469 e. The van der Waals surface area contributed by atoms with Gasteiger partial charge < -0.3 is 19.2 Å². The minimum absolute atomic E-state index is 0. The van der Waals surface area contributed by atoms with Gasteiger partial charge >= 0.3 is 0 Å². The van der Waals surface area contributed by atoms with E-state index in [9.17, 15) is 4.79 Å². The normalized spacial score (nSPS) is 20.6. The van der Waals surface area contributed by atoms with Crippen LogP contribution >= 0.6 is 12.4 Å². The van der Waals surface area contributed by atoms with Gasteiger partial charge in [0.1, 0.15) is 11.6 Å². The maximum Gasteiger partial charge on any atom is 0.258 e. The number of halogens is 1. The Balaban J connectivity index is 0.00000196. The average molecular weight is 379 g/mol. The quantitative estimate of drug-likeness (QED) is 0.868. The molecule has 1 saturated carbocycles. The monoisotopic (exact) mass is 378 g/mol. The molecule has 0 bridgehead atoms. The van der Waals surface area contributed by atoms with Crippen molar-refractivity contribution in [3.63, 3.8) is 0 Å². The first kappa shape index (κ1) is 19.0. The van der Waals surface area contributed by atoms with E-state index in [-0.39, 0.29) is 18.3 Å². The van der Waals surface area contributed by atoms with E-state index < -0.39 is 0 Å². The predicted octanol–water partition coefficient (Wildman–Crippen LogP) is 3.01. The van der Waals surface area contributed by atoms with Gasteiger partial charge in [-0.05, 0) is 57.7 Å². The highest BCUT2D eigenvalue weighted by molar-refractivity contribution is 5.95. The summed E-state index contributed by atoms with van der Waals surface area (Å²) in [6.45, 7) is 7.47. The molecule has 142 valence electrons. The van der Waals surface area contributed by atoms with E-state index in [0.29, 0.717) is 29.3 Å². The van der Waals surface area contributed by atoms with Crippen molar-refractivity contribution in [3.05, 3.63) is 41.9 Å². The Bertz CT molecular complexity index is 763. The number of amides is 1. The summed E-state index contributed by atoms with van der Waals surface area (Å²) in [7, 11) is 0. The molecule has 1 N–H and O–H groups in total. The molecule has 4 rings (SSSR count). The number of nitrogens with zero attached hydrogens (tertiary/aromatic N) is 3. The van der Waals surface area contributed by atoms with Gasteiger partial charge in [0, 0.05) is 25.0 Å². The summed E-state index contributed by atoms with van der Waals surface area (Å²) in [5, 5.41) is 3.43. The second kappa shape index (κ2) is 7.45. The molecule has 7 heteroatoms. The van der Waals surface area contributed by atoms with E-state index in [1.54, 1.807) is 12.3 Å². The van der Waals surface area contributed by atoms with E-state index in [1.165, 1.54) is 0 Å². The zero-order valence-corrected chi connectivity index (χ0v) is 16.2. The van der Waals surface area contributed by atoms with Crippen molar-refractivity contribution >= 4 is 18.3 Å². The number of rotatable bonds is 5. The molecule has 2 fully saturated rings. The molecular weight excluding hydrogens is 352 g/mol. The molecule has 26 heavy (non-hydrogen) atoms. The van der Waals surface area contributed by atoms with Crippen LogP contribution in [-0.2, 0) is 13.1 Å². The molecule has 1 aliphatic carbocycles. The SMILES string of the molecule is CCn1ccnc1CN(C(=O)c1ccoc1C)C1CC12CCNCC2.Cl. The number of hydrogen-bond donors (Lipinski definition) is 1. The molecule has 2 aliphatic rings. The van der Waals surface area contributed by atoms with Crippen molar-refractivity contribution in [2.45, 2.75) is 52.2 Å². The second-order valence-electron chi connectivity index (χ2n) is 7.29. The van der Waals surface area contributed by atoms with Gasteiger partial charge in [-0.3, -0.25) is 4.79 Å². The molecule has 0 aromatic carbocycles. The zero-order valence-electron chi connectivity index (χ0n) is 15.4. The van der Waals surface area contributed by atoms with Crippen LogP contribution in [0.2, 0.25) is 0 Å². The fraction of sp³-hybridized carbons (Fsp3) is 0.579. The van der Waals surface area contributed by atoms with Gasteiger partial charge in [-0.15, -0.1) is 12.4 Å². The third kappa shape index (κ3) is 3.28. The lowest BCUT2D eigenvalue weighted by molar-refractivity contribution is 0.0683. The minimum atomic E-state index is 0. The number of aryl methyl sites for hydroxylation is 2. The first-order valence-electron chi connectivity index (χ1n) is 9.20. The molecule has 2 aromatic heterocycles. The third-order valence-electron chi connectivity index (χ3n) is 5.93. The molecule has 3 heterocycles. The van der Waals surface area contributed by atoms with Gasteiger partial charge in [0.2, 0.25) is 0 Å². The summed E-state index contributed by atoms with van der Waals surface area (Å²) in [6, 6.07) is 2.09. The molecule has 1 saturated heterocycles. The number of furan rings is 1. The summed E-state index contributed by atoms with van der Waals surface area (Å²) in [6.07, 6.45) is 8.79. The van der Waals surface area contributed by atoms with E-state index in [4.69, 9.17) is 4.42 Å². The summed E-state index contributed by atoms with van der Waals surface area (Å²) >= 11 is 0.